The monoisotopic (exact) mass is 541 g/mol. The first-order valence-corrected chi connectivity index (χ1v) is 12.5. The van der Waals surface area contributed by atoms with Crippen molar-refractivity contribution in [2.75, 3.05) is 11.9 Å². The van der Waals surface area contributed by atoms with E-state index >= 15 is 0 Å². The SMILES string of the molecule is CC(C)c1ncc(C(=O)Nc2c(-c3ccccc3F)ccnc2C2CC(F)(F)CN2C(=O)OC(C)(C)C)cn1. The smallest absolute Gasteiger partial charge is 0.411 e. The van der Waals surface area contributed by atoms with E-state index in [1.165, 1.54) is 42.9 Å². The minimum Gasteiger partial charge on any atom is -0.444 e. The summed E-state index contributed by atoms with van der Waals surface area (Å²) in [6.45, 7) is 7.81. The number of nitrogens with zero attached hydrogens (tertiary/aromatic N) is 4. The highest BCUT2D eigenvalue weighted by Crippen LogP contribution is 2.45. The number of hydrogen-bond donors (Lipinski definition) is 1. The molecule has 2 amide bonds. The number of amides is 2. The first-order valence-electron chi connectivity index (χ1n) is 12.5. The molecular formula is C28H30F3N5O3. The van der Waals surface area contributed by atoms with Crippen molar-refractivity contribution in [2.45, 2.75) is 64.5 Å². The molecule has 4 rings (SSSR count). The van der Waals surface area contributed by atoms with E-state index in [4.69, 9.17) is 4.74 Å². The zero-order valence-electron chi connectivity index (χ0n) is 22.3. The van der Waals surface area contributed by atoms with Crippen LogP contribution in [0, 0.1) is 5.82 Å². The normalized spacial score (nSPS) is 16.8. The molecule has 1 atom stereocenters. The van der Waals surface area contributed by atoms with E-state index in [1.807, 2.05) is 13.8 Å². The Hall–Kier alpha value is -4.02. The average molecular weight is 542 g/mol. The van der Waals surface area contributed by atoms with Crippen LogP contribution in [-0.4, -0.2) is 49.9 Å². The number of likely N-dealkylation sites (tertiary alicyclic amines) is 1. The highest BCUT2D eigenvalue weighted by Gasteiger charge is 2.50. The maximum Gasteiger partial charge on any atom is 0.411 e. The quantitative estimate of drug-likeness (QED) is 0.403. The number of pyridine rings is 1. The third-order valence-electron chi connectivity index (χ3n) is 6.05. The fourth-order valence-electron chi connectivity index (χ4n) is 4.28. The van der Waals surface area contributed by atoms with Gasteiger partial charge in [0, 0.05) is 42.1 Å². The predicted octanol–water partition coefficient (Wildman–Crippen LogP) is 6.37. The average Bonchev–Trinajstić information content (AvgIpc) is 3.19. The van der Waals surface area contributed by atoms with Crippen molar-refractivity contribution in [3.05, 3.63) is 71.8 Å². The van der Waals surface area contributed by atoms with Crippen molar-refractivity contribution in [2.24, 2.45) is 0 Å². The van der Waals surface area contributed by atoms with E-state index in [9.17, 15) is 22.8 Å². The lowest BCUT2D eigenvalue weighted by atomic mass is 9.98. The van der Waals surface area contributed by atoms with Crippen molar-refractivity contribution < 1.29 is 27.5 Å². The highest BCUT2D eigenvalue weighted by molar-refractivity contribution is 6.06. The second kappa shape index (κ2) is 10.6. The molecule has 8 nitrogen and oxygen atoms in total. The Morgan fingerprint density at radius 1 is 1.08 bits per heavy atom. The second-order valence-electron chi connectivity index (χ2n) is 10.7. The molecule has 39 heavy (non-hydrogen) atoms. The van der Waals surface area contributed by atoms with Crippen molar-refractivity contribution >= 4 is 17.7 Å². The first-order chi connectivity index (χ1) is 18.3. The van der Waals surface area contributed by atoms with Crippen LogP contribution in [-0.2, 0) is 4.74 Å². The molecule has 2 aromatic heterocycles. The molecule has 1 N–H and O–H groups in total. The van der Waals surface area contributed by atoms with E-state index in [0.29, 0.717) is 5.82 Å². The molecule has 1 unspecified atom stereocenters. The molecule has 0 aliphatic carbocycles. The van der Waals surface area contributed by atoms with E-state index < -0.39 is 48.3 Å². The Bertz CT molecular complexity index is 1370. The predicted molar refractivity (Wildman–Crippen MR) is 139 cm³/mol. The van der Waals surface area contributed by atoms with Crippen molar-refractivity contribution in [3.63, 3.8) is 0 Å². The summed E-state index contributed by atoms with van der Waals surface area (Å²) in [6.07, 6.45) is 2.34. The van der Waals surface area contributed by atoms with Crippen LogP contribution in [0.4, 0.5) is 23.7 Å². The van der Waals surface area contributed by atoms with Crippen molar-refractivity contribution in [1.82, 2.24) is 19.9 Å². The summed E-state index contributed by atoms with van der Waals surface area (Å²) in [5, 5.41) is 2.71. The van der Waals surface area contributed by atoms with Gasteiger partial charge in [-0.25, -0.2) is 27.9 Å². The van der Waals surface area contributed by atoms with Gasteiger partial charge in [0.15, 0.2) is 0 Å². The summed E-state index contributed by atoms with van der Waals surface area (Å²) in [7, 11) is 0. The summed E-state index contributed by atoms with van der Waals surface area (Å²) in [6, 6.07) is 6.08. The summed E-state index contributed by atoms with van der Waals surface area (Å²) in [5.41, 5.74) is -0.513. The lowest BCUT2D eigenvalue weighted by Crippen LogP contribution is -2.38. The number of benzene rings is 1. The van der Waals surface area contributed by atoms with Crippen LogP contribution in [0.2, 0.25) is 0 Å². The van der Waals surface area contributed by atoms with Gasteiger partial charge in [-0.05, 0) is 32.9 Å². The Balaban J connectivity index is 1.82. The molecular weight excluding hydrogens is 511 g/mol. The zero-order valence-corrected chi connectivity index (χ0v) is 22.3. The number of rotatable bonds is 5. The van der Waals surface area contributed by atoms with E-state index in [1.54, 1.807) is 26.8 Å². The molecule has 11 heteroatoms. The largest absolute Gasteiger partial charge is 0.444 e. The van der Waals surface area contributed by atoms with E-state index in [2.05, 4.69) is 20.3 Å². The van der Waals surface area contributed by atoms with Crippen LogP contribution in [0.5, 0.6) is 0 Å². The van der Waals surface area contributed by atoms with Gasteiger partial charge >= 0.3 is 6.09 Å². The van der Waals surface area contributed by atoms with Crippen molar-refractivity contribution in [3.8, 4) is 11.1 Å². The second-order valence-corrected chi connectivity index (χ2v) is 10.7. The van der Waals surface area contributed by atoms with Gasteiger partial charge in [-0.15, -0.1) is 0 Å². The van der Waals surface area contributed by atoms with Crippen LogP contribution in [0.25, 0.3) is 11.1 Å². The number of alkyl halides is 2. The maximum atomic E-state index is 14.9. The number of carbonyl (C=O) groups is 2. The lowest BCUT2D eigenvalue weighted by molar-refractivity contribution is -0.00245. The molecule has 0 spiro atoms. The number of nitrogens with one attached hydrogen (secondary N) is 1. The number of anilines is 1. The van der Waals surface area contributed by atoms with Crippen LogP contribution >= 0.6 is 0 Å². The van der Waals surface area contributed by atoms with Gasteiger partial charge in [0.25, 0.3) is 11.8 Å². The zero-order chi connectivity index (χ0) is 28.5. The summed E-state index contributed by atoms with van der Waals surface area (Å²) >= 11 is 0. The standard InChI is InChI=1S/C28H30F3N5O3/c1-16(2)24-33-13-17(14-34-24)25(37)35-22-19(18-8-6-7-9-20(18)29)10-11-32-23(22)21-12-28(30,31)15-36(21)26(38)39-27(3,4)5/h6-11,13-14,16,21H,12,15H2,1-5H3,(H,35,37). The number of halogens is 3. The number of carbonyl (C=O) groups excluding carboxylic acids is 2. The molecule has 3 heterocycles. The van der Waals surface area contributed by atoms with Gasteiger partial charge in [-0.2, -0.15) is 0 Å². The number of ether oxygens (including phenoxy) is 1. The third-order valence-corrected chi connectivity index (χ3v) is 6.05. The topological polar surface area (TPSA) is 97.3 Å². The Labute approximate surface area is 224 Å². The van der Waals surface area contributed by atoms with Gasteiger partial charge in [0.2, 0.25) is 0 Å². The Morgan fingerprint density at radius 3 is 2.36 bits per heavy atom. The number of hydrogen-bond acceptors (Lipinski definition) is 6. The maximum absolute atomic E-state index is 14.9. The Morgan fingerprint density at radius 2 is 1.74 bits per heavy atom. The molecule has 0 saturated carbocycles. The van der Waals surface area contributed by atoms with Gasteiger partial charge in [0.05, 0.1) is 29.5 Å². The molecule has 3 aromatic rings. The molecule has 0 bridgehead atoms. The lowest BCUT2D eigenvalue weighted by Gasteiger charge is -2.29. The van der Waals surface area contributed by atoms with Gasteiger partial charge in [-0.3, -0.25) is 14.7 Å². The molecule has 1 aliphatic heterocycles. The van der Waals surface area contributed by atoms with E-state index in [0.717, 1.165) is 4.90 Å². The summed E-state index contributed by atoms with van der Waals surface area (Å²) in [4.78, 5) is 39.9. The fourth-order valence-corrected chi connectivity index (χ4v) is 4.28. The molecule has 1 aliphatic rings. The van der Waals surface area contributed by atoms with Gasteiger partial charge in [0.1, 0.15) is 17.2 Å². The minimum atomic E-state index is -3.24. The summed E-state index contributed by atoms with van der Waals surface area (Å²) in [5.74, 6) is -3.88. The molecule has 1 aromatic carbocycles. The molecule has 0 radical (unpaired) electrons. The van der Waals surface area contributed by atoms with Gasteiger partial charge < -0.3 is 10.1 Å². The molecule has 1 fully saturated rings. The Kier molecular flexibility index (Phi) is 7.63. The van der Waals surface area contributed by atoms with Crippen LogP contribution < -0.4 is 5.32 Å². The molecule has 206 valence electrons. The minimum absolute atomic E-state index is 0.00297. The highest BCUT2D eigenvalue weighted by atomic mass is 19.3. The first kappa shape index (κ1) is 28.0. The number of aromatic nitrogens is 3. The van der Waals surface area contributed by atoms with Crippen molar-refractivity contribution in [1.29, 1.82) is 0 Å². The van der Waals surface area contributed by atoms with Crippen LogP contribution in [0.1, 0.15) is 74.9 Å². The molecule has 1 saturated heterocycles. The van der Waals surface area contributed by atoms with E-state index in [-0.39, 0.29) is 34.0 Å². The fraction of sp³-hybridized carbons (Fsp3) is 0.393. The van der Waals surface area contributed by atoms with Crippen LogP contribution in [0.15, 0.2) is 48.9 Å². The van der Waals surface area contributed by atoms with Gasteiger partial charge in [-0.1, -0.05) is 32.0 Å². The van der Waals surface area contributed by atoms with Crippen LogP contribution in [0.3, 0.4) is 0 Å². The summed E-state index contributed by atoms with van der Waals surface area (Å²) < 4.78 is 49.7. The third kappa shape index (κ3) is 6.35.